The maximum atomic E-state index is 13.1. The molecule has 2 N–H and O–H groups in total. The molecule has 0 aromatic heterocycles. The molecule has 3 aromatic carbocycles. The Kier molecular flexibility index (Phi) is 8.44. The summed E-state index contributed by atoms with van der Waals surface area (Å²) < 4.78 is 55.1. The van der Waals surface area contributed by atoms with E-state index in [2.05, 4.69) is 4.72 Å². The van der Waals surface area contributed by atoms with Crippen LogP contribution in [0.3, 0.4) is 0 Å². The Labute approximate surface area is 214 Å². The fourth-order valence-corrected chi connectivity index (χ4v) is 4.80. The second-order valence-electron chi connectivity index (χ2n) is 7.31. The van der Waals surface area contributed by atoms with Gasteiger partial charge in [0.25, 0.3) is 10.0 Å². The third kappa shape index (κ3) is 5.72. The van der Waals surface area contributed by atoms with Crippen molar-refractivity contribution < 1.29 is 37.2 Å². The average molecular weight is 536 g/mol. The number of hydrogen-bond acceptors (Lipinski definition) is 8. The third-order valence-electron chi connectivity index (χ3n) is 5.17. The summed E-state index contributed by atoms with van der Waals surface area (Å²) in [6.07, 6.45) is 3.33. The molecule has 0 heterocycles. The molecule has 0 saturated heterocycles. The van der Waals surface area contributed by atoms with Gasteiger partial charge in [0.1, 0.15) is 5.75 Å². The summed E-state index contributed by atoms with van der Waals surface area (Å²) >= 11 is 6.12. The zero-order valence-electron chi connectivity index (χ0n) is 20.3. The molecule has 3 rings (SSSR count). The molecule has 0 atom stereocenters. The van der Waals surface area contributed by atoms with Gasteiger partial charge in [0.05, 0.1) is 51.2 Å². The maximum Gasteiger partial charge on any atom is 0.261 e. The number of benzene rings is 3. The molecule has 3 aromatic rings. The van der Waals surface area contributed by atoms with E-state index < -0.39 is 10.0 Å². The second kappa shape index (κ2) is 11.3. The van der Waals surface area contributed by atoms with Gasteiger partial charge in [-0.15, -0.1) is 0 Å². The van der Waals surface area contributed by atoms with Crippen molar-refractivity contribution in [2.45, 2.75) is 4.90 Å². The van der Waals surface area contributed by atoms with E-state index in [1.165, 1.54) is 65.9 Å². The lowest BCUT2D eigenvalue weighted by molar-refractivity contribution is 0.324. The number of hydrogen-bond donors (Lipinski definition) is 2. The molecule has 0 amide bonds. The van der Waals surface area contributed by atoms with Gasteiger partial charge in [-0.3, -0.25) is 4.72 Å². The molecule has 36 heavy (non-hydrogen) atoms. The number of ether oxygens (including phenoxy) is 5. The van der Waals surface area contributed by atoms with E-state index in [1.807, 2.05) is 0 Å². The zero-order valence-corrected chi connectivity index (χ0v) is 21.9. The molecule has 0 aliphatic rings. The molecule has 11 heteroatoms. The van der Waals surface area contributed by atoms with Crippen molar-refractivity contribution in [3.05, 3.63) is 58.6 Å². The Morgan fingerprint density at radius 3 is 1.92 bits per heavy atom. The van der Waals surface area contributed by atoms with Crippen LogP contribution in [-0.4, -0.2) is 49.1 Å². The minimum Gasteiger partial charge on any atom is -0.504 e. The second-order valence-corrected chi connectivity index (χ2v) is 9.39. The quantitative estimate of drug-likeness (QED) is 0.274. The van der Waals surface area contributed by atoms with Crippen molar-refractivity contribution in [3.8, 4) is 34.5 Å². The minimum atomic E-state index is -4.05. The number of sulfonamides is 1. The first-order valence-corrected chi connectivity index (χ1v) is 12.3. The van der Waals surface area contributed by atoms with Gasteiger partial charge in [-0.1, -0.05) is 23.8 Å². The van der Waals surface area contributed by atoms with Gasteiger partial charge in [0.15, 0.2) is 23.0 Å². The highest BCUT2D eigenvalue weighted by atomic mass is 35.5. The molecule has 0 unspecified atom stereocenters. The van der Waals surface area contributed by atoms with Crippen LogP contribution in [0.2, 0.25) is 5.02 Å². The van der Waals surface area contributed by atoms with Gasteiger partial charge in [-0.05, 0) is 42.0 Å². The number of phenols is 1. The van der Waals surface area contributed by atoms with Gasteiger partial charge in [0, 0.05) is 11.6 Å². The van der Waals surface area contributed by atoms with Gasteiger partial charge in [0.2, 0.25) is 5.75 Å². The molecular weight excluding hydrogens is 510 g/mol. The molecule has 9 nitrogen and oxygen atoms in total. The Balaban J connectivity index is 2.05. The highest BCUT2D eigenvalue weighted by Gasteiger charge is 2.19. The van der Waals surface area contributed by atoms with Crippen LogP contribution in [0.4, 0.5) is 5.69 Å². The van der Waals surface area contributed by atoms with E-state index in [0.29, 0.717) is 34.1 Å². The number of anilines is 1. The maximum absolute atomic E-state index is 13.1. The fraction of sp³-hybridized carbons (Fsp3) is 0.200. The largest absolute Gasteiger partial charge is 0.504 e. The number of phenolic OH excluding ortho intramolecular Hbond substituents is 1. The van der Waals surface area contributed by atoms with E-state index in [1.54, 1.807) is 24.3 Å². The van der Waals surface area contributed by atoms with Crippen molar-refractivity contribution in [1.82, 2.24) is 0 Å². The number of aromatic hydroxyl groups is 1. The molecule has 0 bridgehead atoms. The molecule has 0 aliphatic carbocycles. The van der Waals surface area contributed by atoms with Gasteiger partial charge >= 0.3 is 0 Å². The number of nitrogens with one attached hydrogen (secondary N) is 1. The average Bonchev–Trinajstić information content (AvgIpc) is 2.87. The van der Waals surface area contributed by atoms with Crippen molar-refractivity contribution in [2.75, 3.05) is 40.3 Å². The van der Waals surface area contributed by atoms with Crippen LogP contribution in [0.15, 0.2) is 47.4 Å². The first-order valence-electron chi connectivity index (χ1n) is 10.4. The van der Waals surface area contributed by atoms with Crippen LogP contribution in [0.25, 0.3) is 12.2 Å². The molecular formula is C25H26ClNO8S. The summed E-state index contributed by atoms with van der Waals surface area (Å²) in [5.74, 6) is 1.60. The Morgan fingerprint density at radius 2 is 1.39 bits per heavy atom. The van der Waals surface area contributed by atoms with E-state index in [-0.39, 0.29) is 27.1 Å². The Bertz CT molecular complexity index is 1360. The summed E-state index contributed by atoms with van der Waals surface area (Å²) in [4.78, 5) is -0.0695. The normalized spacial score (nSPS) is 11.3. The van der Waals surface area contributed by atoms with Crippen molar-refractivity contribution in [2.24, 2.45) is 0 Å². The SMILES string of the molecule is COc1cc(NS(=O)(=O)c2ccc(OC)c(Cl)c2)c(C=Cc2cc(OC)c(OC)c(OC)c2)cc1O. The summed E-state index contributed by atoms with van der Waals surface area (Å²) in [6.45, 7) is 0. The first-order chi connectivity index (χ1) is 17.2. The van der Waals surface area contributed by atoms with Crippen molar-refractivity contribution >= 4 is 39.5 Å². The standard InChI is InChI=1S/C25H26ClNO8S/c1-31-21-9-8-17(13-18(21)26)36(29,30)27-19-14-22(32-2)20(28)12-16(19)7-6-15-10-23(33-3)25(35-5)24(11-15)34-4/h6-14,27-28H,1-5H3. The van der Waals surface area contributed by atoms with Crippen LogP contribution < -0.4 is 28.4 Å². The van der Waals surface area contributed by atoms with Crippen LogP contribution in [-0.2, 0) is 10.0 Å². The third-order valence-corrected chi connectivity index (χ3v) is 6.83. The zero-order chi connectivity index (χ0) is 26.5. The molecule has 0 radical (unpaired) electrons. The van der Waals surface area contributed by atoms with Crippen molar-refractivity contribution in [3.63, 3.8) is 0 Å². The summed E-state index contributed by atoms with van der Waals surface area (Å²) in [6, 6.07) is 10.3. The van der Waals surface area contributed by atoms with E-state index in [0.717, 1.165) is 0 Å². The van der Waals surface area contributed by atoms with Crippen LogP contribution in [0.1, 0.15) is 11.1 Å². The lowest BCUT2D eigenvalue weighted by Crippen LogP contribution is -2.14. The highest BCUT2D eigenvalue weighted by Crippen LogP contribution is 2.39. The molecule has 0 fully saturated rings. The predicted molar refractivity (Wildman–Crippen MR) is 138 cm³/mol. The van der Waals surface area contributed by atoms with E-state index >= 15 is 0 Å². The van der Waals surface area contributed by atoms with Gasteiger partial charge in [-0.2, -0.15) is 0 Å². The van der Waals surface area contributed by atoms with Crippen molar-refractivity contribution in [1.29, 1.82) is 0 Å². The topological polar surface area (TPSA) is 113 Å². The molecule has 0 spiro atoms. The monoisotopic (exact) mass is 535 g/mol. The van der Waals surface area contributed by atoms with Gasteiger partial charge in [-0.25, -0.2) is 8.42 Å². The van der Waals surface area contributed by atoms with E-state index in [4.69, 9.17) is 35.3 Å². The van der Waals surface area contributed by atoms with Gasteiger partial charge < -0.3 is 28.8 Å². The lowest BCUT2D eigenvalue weighted by atomic mass is 10.1. The molecule has 0 aliphatic heterocycles. The highest BCUT2D eigenvalue weighted by molar-refractivity contribution is 7.92. The Hall–Kier alpha value is -3.76. The Morgan fingerprint density at radius 1 is 0.778 bits per heavy atom. The number of halogens is 1. The lowest BCUT2D eigenvalue weighted by Gasteiger charge is -2.15. The summed E-state index contributed by atoms with van der Waals surface area (Å²) in [5, 5.41) is 10.5. The smallest absolute Gasteiger partial charge is 0.261 e. The summed E-state index contributed by atoms with van der Waals surface area (Å²) in [7, 11) is 3.26. The van der Waals surface area contributed by atoms with Crippen LogP contribution in [0, 0.1) is 0 Å². The van der Waals surface area contributed by atoms with E-state index in [9.17, 15) is 13.5 Å². The molecule has 0 saturated carbocycles. The fourth-order valence-electron chi connectivity index (χ4n) is 3.38. The number of methoxy groups -OCH3 is 5. The summed E-state index contributed by atoms with van der Waals surface area (Å²) in [5.41, 5.74) is 1.21. The minimum absolute atomic E-state index is 0.0695. The van der Waals surface area contributed by atoms with Crippen LogP contribution in [0.5, 0.6) is 34.5 Å². The first kappa shape index (κ1) is 26.8. The number of rotatable bonds is 10. The van der Waals surface area contributed by atoms with Crippen LogP contribution >= 0.6 is 11.6 Å². The molecule has 192 valence electrons. The predicted octanol–water partition coefficient (Wildman–Crippen LogP) is 5.06.